The number of aromatic nitrogens is 2. The maximum Gasteiger partial charge on any atom is 0.137 e. The minimum atomic E-state index is 0.398. The summed E-state index contributed by atoms with van der Waals surface area (Å²) >= 11 is 0. The predicted molar refractivity (Wildman–Crippen MR) is 83.5 cm³/mol. The molecule has 0 atom stereocenters. The molecule has 0 radical (unpaired) electrons. The first-order chi connectivity index (χ1) is 9.50. The van der Waals surface area contributed by atoms with Gasteiger partial charge in [-0.2, -0.15) is 0 Å². The van der Waals surface area contributed by atoms with Gasteiger partial charge in [-0.25, -0.2) is 9.97 Å². The first kappa shape index (κ1) is 13.7. The zero-order valence-electron chi connectivity index (χ0n) is 13.2. The van der Waals surface area contributed by atoms with Gasteiger partial charge in [-0.3, -0.25) is 0 Å². The van der Waals surface area contributed by atoms with Crippen LogP contribution in [0.1, 0.15) is 57.3 Å². The van der Waals surface area contributed by atoms with Gasteiger partial charge in [-0.1, -0.05) is 13.8 Å². The Hall–Kier alpha value is -1.32. The van der Waals surface area contributed by atoms with E-state index in [1.165, 1.54) is 24.8 Å². The molecule has 2 heterocycles. The molecule has 110 valence electrons. The first-order valence-corrected chi connectivity index (χ1v) is 7.87. The molecule has 2 aliphatic rings. The van der Waals surface area contributed by atoms with E-state index in [1.807, 2.05) is 0 Å². The second-order valence-electron chi connectivity index (χ2n) is 7.02. The Bertz CT molecular complexity index is 505. The average Bonchev–Trinajstić information content (AvgIpc) is 3.17. The SMILES string of the molecule is CCNc1nc(C2CC2)nc(N2CCC(C)(C)C2)c1C. The standard InChI is InChI=1S/C16H26N4/c1-5-17-13-11(2)15(19-14(18-13)12-6-7-12)20-9-8-16(3,4)10-20/h12H,5-10H2,1-4H3,(H,17,18,19). The van der Waals surface area contributed by atoms with Gasteiger partial charge in [0.2, 0.25) is 0 Å². The predicted octanol–water partition coefficient (Wildman–Crippen LogP) is 3.33. The smallest absolute Gasteiger partial charge is 0.137 e. The van der Waals surface area contributed by atoms with Gasteiger partial charge in [0.05, 0.1) is 0 Å². The molecule has 3 rings (SSSR count). The number of hydrogen-bond donors (Lipinski definition) is 1. The molecule has 1 aromatic heterocycles. The number of rotatable bonds is 4. The fourth-order valence-corrected chi connectivity index (χ4v) is 2.99. The van der Waals surface area contributed by atoms with Crippen molar-refractivity contribution in [2.75, 3.05) is 29.9 Å². The van der Waals surface area contributed by atoms with Gasteiger partial charge < -0.3 is 10.2 Å². The Labute approximate surface area is 122 Å². The third-order valence-corrected chi connectivity index (χ3v) is 4.40. The Morgan fingerprint density at radius 2 is 2.05 bits per heavy atom. The fourth-order valence-electron chi connectivity index (χ4n) is 2.99. The van der Waals surface area contributed by atoms with Gasteiger partial charge in [-0.15, -0.1) is 0 Å². The molecule has 1 aromatic rings. The largest absolute Gasteiger partial charge is 0.370 e. The van der Waals surface area contributed by atoms with Crippen molar-refractivity contribution in [2.45, 2.75) is 52.9 Å². The zero-order chi connectivity index (χ0) is 14.3. The molecule has 20 heavy (non-hydrogen) atoms. The fraction of sp³-hybridized carbons (Fsp3) is 0.750. The van der Waals surface area contributed by atoms with E-state index in [4.69, 9.17) is 9.97 Å². The minimum absolute atomic E-state index is 0.398. The molecule has 4 nitrogen and oxygen atoms in total. The lowest BCUT2D eigenvalue weighted by atomic mass is 9.93. The Kier molecular flexibility index (Phi) is 3.35. The Balaban J connectivity index is 1.96. The molecule has 1 N–H and O–H groups in total. The number of nitrogens with zero attached hydrogens (tertiary/aromatic N) is 3. The van der Waals surface area contributed by atoms with E-state index in [1.54, 1.807) is 0 Å². The summed E-state index contributed by atoms with van der Waals surface area (Å²) < 4.78 is 0. The lowest BCUT2D eigenvalue weighted by Gasteiger charge is -2.24. The van der Waals surface area contributed by atoms with Crippen LogP contribution >= 0.6 is 0 Å². The maximum absolute atomic E-state index is 4.90. The van der Waals surface area contributed by atoms with Crippen molar-refractivity contribution in [2.24, 2.45) is 5.41 Å². The molecule has 0 bridgehead atoms. The summed E-state index contributed by atoms with van der Waals surface area (Å²) in [5, 5.41) is 3.41. The molecule has 4 heteroatoms. The quantitative estimate of drug-likeness (QED) is 0.914. The normalized spacial score (nSPS) is 21.3. The van der Waals surface area contributed by atoms with Crippen molar-refractivity contribution < 1.29 is 0 Å². The molecular formula is C16H26N4. The first-order valence-electron chi connectivity index (χ1n) is 7.87. The molecule has 1 aliphatic heterocycles. The number of nitrogens with one attached hydrogen (secondary N) is 1. The summed E-state index contributed by atoms with van der Waals surface area (Å²) in [4.78, 5) is 12.1. The van der Waals surface area contributed by atoms with Crippen LogP contribution in [0.5, 0.6) is 0 Å². The van der Waals surface area contributed by atoms with Crippen molar-refractivity contribution in [3.05, 3.63) is 11.4 Å². The van der Waals surface area contributed by atoms with Crippen molar-refractivity contribution in [3.63, 3.8) is 0 Å². The third-order valence-electron chi connectivity index (χ3n) is 4.40. The Morgan fingerprint density at radius 1 is 1.30 bits per heavy atom. The lowest BCUT2D eigenvalue weighted by molar-refractivity contribution is 0.418. The monoisotopic (exact) mass is 274 g/mol. The van der Waals surface area contributed by atoms with Crippen molar-refractivity contribution in [3.8, 4) is 0 Å². The van der Waals surface area contributed by atoms with Gasteiger partial charge >= 0.3 is 0 Å². The third kappa shape index (κ3) is 2.60. The highest BCUT2D eigenvalue weighted by atomic mass is 15.2. The van der Waals surface area contributed by atoms with Gasteiger partial charge in [0.1, 0.15) is 17.5 Å². The summed E-state index contributed by atoms with van der Waals surface area (Å²) in [7, 11) is 0. The van der Waals surface area contributed by atoms with Gasteiger partial charge in [-0.05, 0) is 38.5 Å². The van der Waals surface area contributed by atoms with Crippen LogP contribution in [0, 0.1) is 12.3 Å². The van der Waals surface area contributed by atoms with E-state index in [2.05, 4.69) is 37.9 Å². The van der Waals surface area contributed by atoms with E-state index in [0.29, 0.717) is 11.3 Å². The summed E-state index contributed by atoms with van der Waals surface area (Å²) in [5.74, 6) is 3.83. The summed E-state index contributed by atoms with van der Waals surface area (Å²) in [6.07, 6.45) is 3.74. The topological polar surface area (TPSA) is 41.1 Å². The van der Waals surface area contributed by atoms with Gasteiger partial charge in [0.25, 0.3) is 0 Å². The van der Waals surface area contributed by atoms with E-state index >= 15 is 0 Å². The second kappa shape index (κ2) is 4.90. The average molecular weight is 274 g/mol. The molecule has 0 aromatic carbocycles. The molecule has 2 fully saturated rings. The van der Waals surface area contributed by atoms with Crippen LogP contribution in [0.3, 0.4) is 0 Å². The molecule has 1 saturated heterocycles. The van der Waals surface area contributed by atoms with E-state index < -0.39 is 0 Å². The lowest BCUT2D eigenvalue weighted by Crippen LogP contribution is -2.25. The van der Waals surface area contributed by atoms with Crippen LogP contribution in [0.25, 0.3) is 0 Å². The molecular weight excluding hydrogens is 248 g/mol. The van der Waals surface area contributed by atoms with Crippen molar-refractivity contribution in [1.82, 2.24) is 9.97 Å². The van der Waals surface area contributed by atoms with Crippen LogP contribution in [0.2, 0.25) is 0 Å². The van der Waals surface area contributed by atoms with Gasteiger partial charge in [0.15, 0.2) is 0 Å². The molecule has 0 spiro atoms. The minimum Gasteiger partial charge on any atom is -0.370 e. The van der Waals surface area contributed by atoms with Crippen LogP contribution in [-0.2, 0) is 0 Å². The Morgan fingerprint density at radius 3 is 2.60 bits per heavy atom. The van der Waals surface area contributed by atoms with Gasteiger partial charge in [0, 0.05) is 31.1 Å². The summed E-state index contributed by atoms with van der Waals surface area (Å²) in [6, 6.07) is 0. The highest BCUT2D eigenvalue weighted by molar-refractivity contribution is 5.59. The van der Waals surface area contributed by atoms with Crippen molar-refractivity contribution in [1.29, 1.82) is 0 Å². The van der Waals surface area contributed by atoms with Crippen molar-refractivity contribution >= 4 is 11.6 Å². The molecule has 1 saturated carbocycles. The summed E-state index contributed by atoms with van der Waals surface area (Å²) in [6.45, 7) is 12.1. The molecule has 0 amide bonds. The van der Waals surface area contributed by atoms with Crippen LogP contribution < -0.4 is 10.2 Å². The van der Waals surface area contributed by atoms with E-state index in [-0.39, 0.29) is 0 Å². The number of hydrogen-bond acceptors (Lipinski definition) is 4. The zero-order valence-corrected chi connectivity index (χ0v) is 13.2. The van der Waals surface area contributed by atoms with Crippen LogP contribution in [0.15, 0.2) is 0 Å². The molecule has 0 unspecified atom stereocenters. The highest BCUT2D eigenvalue weighted by Gasteiger charge is 2.33. The van der Waals surface area contributed by atoms with E-state index in [0.717, 1.165) is 37.1 Å². The van der Waals surface area contributed by atoms with Crippen LogP contribution in [-0.4, -0.2) is 29.6 Å². The maximum atomic E-state index is 4.90. The molecule has 1 aliphatic carbocycles. The summed E-state index contributed by atoms with van der Waals surface area (Å²) in [5.41, 5.74) is 1.60. The highest BCUT2D eigenvalue weighted by Crippen LogP contribution is 2.41. The number of anilines is 2. The van der Waals surface area contributed by atoms with E-state index in [9.17, 15) is 0 Å². The van der Waals surface area contributed by atoms with Crippen LogP contribution in [0.4, 0.5) is 11.6 Å². The second-order valence-corrected chi connectivity index (χ2v) is 7.02.